The highest BCUT2D eigenvalue weighted by atomic mass is 16.3. The van der Waals surface area contributed by atoms with E-state index in [4.69, 9.17) is 0 Å². The van der Waals surface area contributed by atoms with Crippen LogP contribution >= 0.6 is 0 Å². The Hall–Kier alpha value is -1.22. The zero-order valence-corrected chi connectivity index (χ0v) is 13.4. The number of fused-ring (bicyclic) bond motifs is 5. The van der Waals surface area contributed by atoms with Crippen molar-refractivity contribution in [2.75, 3.05) is 0 Å². The third-order valence-electron chi connectivity index (χ3n) is 7.24. The first kappa shape index (κ1) is 14.4. The highest BCUT2D eigenvalue weighted by molar-refractivity contribution is 5.92. The average Bonchev–Trinajstić information content (AvgIpc) is 2.72. The first-order valence-electron chi connectivity index (χ1n) is 8.51. The molecule has 0 heterocycles. The Kier molecular flexibility index (Phi) is 2.74. The first-order chi connectivity index (χ1) is 10.3. The van der Waals surface area contributed by atoms with Crippen LogP contribution in [0.5, 0.6) is 0 Å². The van der Waals surface area contributed by atoms with Gasteiger partial charge < -0.3 is 5.11 Å². The lowest BCUT2D eigenvalue weighted by atomic mass is 9.50. The van der Waals surface area contributed by atoms with Gasteiger partial charge in [0.1, 0.15) is 5.78 Å². The van der Waals surface area contributed by atoms with Crippen molar-refractivity contribution in [2.45, 2.75) is 64.4 Å². The van der Waals surface area contributed by atoms with Gasteiger partial charge in [-0.15, -0.1) is 0 Å². The SMILES string of the molecule is C[C@]12CCC(=O)C=C1CC[C@@H]1C2=CC[C@]2(C)C(=O)CC[C@]12O. The van der Waals surface area contributed by atoms with Crippen LogP contribution in [-0.2, 0) is 9.59 Å². The Morgan fingerprint density at radius 2 is 1.91 bits per heavy atom. The van der Waals surface area contributed by atoms with Gasteiger partial charge in [-0.1, -0.05) is 24.1 Å². The van der Waals surface area contributed by atoms with E-state index in [1.807, 2.05) is 13.0 Å². The quantitative estimate of drug-likeness (QED) is 0.699. The fraction of sp³-hybridized carbons (Fsp3) is 0.684. The zero-order valence-electron chi connectivity index (χ0n) is 13.4. The smallest absolute Gasteiger partial charge is 0.155 e. The molecule has 0 bridgehead atoms. The van der Waals surface area contributed by atoms with Crippen LogP contribution in [0.1, 0.15) is 58.8 Å². The summed E-state index contributed by atoms with van der Waals surface area (Å²) >= 11 is 0. The van der Waals surface area contributed by atoms with Crippen molar-refractivity contribution in [3.05, 3.63) is 23.3 Å². The number of carbonyl (C=O) groups is 2. The Morgan fingerprint density at radius 1 is 1.14 bits per heavy atom. The summed E-state index contributed by atoms with van der Waals surface area (Å²) < 4.78 is 0. The van der Waals surface area contributed by atoms with Crippen LogP contribution < -0.4 is 0 Å². The molecule has 0 aromatic carbocycles. The Morgan fingerprint density at radius 3 is 2.68 bits per heavy atom. The third-order valence-corrected chi connectivity index (χ3v) is 7.24. The van der Waals surface area contributed by atoms with Gasteiger partial charge in [0.2, 0.25) is 0 Å². The van der Waals surface area contributed by atoms with Gasteiger partial charge in [-0.05, 0) is 45.1 Å². The van der Waals surface area contributed by atoms with Crippen LogP contribution in [-0.4, -0.2) is 22.3 Å². The predicted molar refractivity (Wildman–Crippen MR) is 83.2 cm³/mol. The Balaban J connectivity index is 1.83. The number of hydrogen-bond acceptors (Lipinski definition) is 3. The number of hydrogen-bond donors (Lipinski definition) is 1. The number of ketones is 2. The highest BCUT2D eigenvalue weighted by Crippen LogP contribution is 2.63. The van der Waals surface area contributed by atoms with Crippen molar-refractivity contribution in [1.29, 1.82) is 0 Å². The molecule has 0 radical (unpaired) electrons. The molecule has 4 atom stereocenters. The molecule has 4 rings (SSSR count). The normalized spacial score (nSPS) is 47.3. The second-order valence-corrected chi connectivity index (χ2v) is 8.10. The monoisotopic (exact) mass is 300 g/mol. The molecule has 0 aromatic rings. The maximum Gasteiger partial charge on any atom is 0.155 e. The van der Waals surface area contributed by atoms with Crippen LogP contribution in [0.2, 0.25) is 0 Å². The van der Waals surface area contributed by atoms with Gasteiger partial charge >= 0.3 is 0 Å². The molecular formula is C19H24O3. The minimum atomic E-state index is -0.885. The molecule has 2 saturated carbocycles. The lowest BCUT2D eigenvalue weighted by Crippen LogP contribution is -2.56. The molecule has 0 amide bonds. The maximum atomic E-state index is 12.4. The molecule has 0 saturated heterocycles. The summed E-state index contributed by atoms with van der Waals surface area (Å²) in [6, 6.07) is 0. The molecule has 0 spiro atoms. The maximum absolute atomic E-state index is 12.4. The van der Waals surface area contributed by atoms with Gasteiger partial charge in [0, 0.05) is 24.2 Å². The minimum absolute atomic E-state index is 0.0769. The molecule has 4 aliphatic carbocycles. The topological polar surface area (TPSA) is 54.4 Å². The highest BCUT2D eigenvalue weighted by Gasteiger charge is 2.64. The van der Waals surface area contributed by atoms with Crippen LogP contribution in [0.25, 0.3) is 0 Å². The Bertz CT molecular complexity index is 643. The molecule has 118 valence electrons. The number of Topliss-reactive ketones (excluding diaryl/α,β-unsaturated/α-hetero) is 1. The molecular weight excluding hydrogens is 276 g/mol. The summed E-state index contributed by atoms with van der Waals surface area (Å²) in [6.45, 7) is 4.18. The van der Waals surface area contributed by atoms with E-state index >= 15 is 0 Å². The molecule has 0 aliphatic heterocycles. The summed E-state index contributed by atoms with van der Waals surface area (Å²) in [5.74, 6) is 0.533. The summed E-state index contributed by atoms with van der Waals surface area (Å²) in [7, 11) is 0. The Labute approximate surface area is 131 Å². The fourth-order valence-corrected chi connectivity index (χ4v) is 5.60. The molecule has 1 N–H and O–H groups in total. The number of carbonyl (C=O) groups excluding carboxylic acids is 2. The van der Waals surface area contributed by atoms with Crippen molar-refractivity contribution >= 4 is 11.6 Å². The van der Waals surface area contributed by atoms with E-state index in [-0.39, 0.29) is 22.9 Å². The van der Waals surface area contributed by atoms with Gasteiger partial charge in [-0.2, -0.15) is 0 Å². The van der Waals surface area contributed by atoms with Gasteiger partial charge in [0.25, 0.3) is 0 Å². The summed E-state index contributed by atoms with van der Waals surface area (Å²) in [5.41, 5.74) is 0.961. The lowest BCUT2D eigenvalue weighted by molar-refractivity contribution is -0.143. The number of rotatable bonds is 0. The van der Waals surface area contributed by atoms with Crippen LogP contribution in [0.15, 0.2) is 23.3 Å². The summed E-state index contributed by atoms with van der Waals surface area (Å²) in [4.78, 5) is 24.1. The predicted octanol–water partition coefficient (Wildman–Crippen LogP) is 3.12. The van der Waals surface area contributed by atoms with E-state index in [1.165, 1.54) is 11.1 Å². The first-order valence-corrected chi connectivity index (χ1v) is 8.51. The van der Waals surface area contributed by atoms with E-state index in [0.29, 0.717) is 25.7 Å². The van der Waals surface area contributed by atoms with E-state index in [2.05, 4.69) is 13.0 Å². The molecule has 3 heteroatoms. The van der Waals surface area contributed by atoms with Gasteiger partial charge in [0.05, 0.1) is 11.0 Å². The number of aliphatic hydroxyl groups is 1. The summed E-state index contributed by atoms with van der Waals surface area (Å²) in [5, 5.41) is 11.4. The van der Waals surface area contributed by atoms with Crippen molar-refractivity contribution in [3.8, 4) is 0 Å². The second kappa shape index (κ2) is 4.19. The van der Waals surface area contributed by atoms with Crippen molar-refractivity contribution in [1.82, 2.24) is 0 Å². The second-order valence-electron chi connectivity index (χ2n) is 8.10. The molecule has 0 aromatic heterocycles. The van der Waals surface area contributed by atoms with E-state index in [1.54, 1.807) is 0 Å². The lowest BCUT2D eigenvalue weighted by Gasteiger charge is -2.55. The summed E-state index contributed by atoms with van der Waals surface area (Å²) in [6.07, 6.45) is 8.99. The van der Waals surface area contributed by atoms with Gasteiger partial charge in [-0.3, -0.25) is 9.59 Å². The molecule has 3 nitrogen and oxygen atoms in total. The van der Waals surface area contributed by atoms with Gasteiger partial charge in [-0.25, -0.2) is 0 Å². The zero-order chi connectivity index (χ0) is 15.8. The molecule has 4 aliphatic rings. The fourth-order valence-electron chi connectivity index (χ4n) is 5.60. The van der Waals surface area contributed by atoms with Crippen molar-refractivity contribution in [3.63, 3.8) is 0 Å². The third kappa shape index (κ3) is 1.51. The van der Waals surface area contributed by atoms with Crippen molar-refractivity contribution in [2.24, 2.45) is 16.7 Å². The molecule has 2 fully saturated rings. The van der Waals surface area contributed by atoms with Crippen LogP contribution in [0.3, 0.4) is 0 Å². The van der Waals surface area contributed by atoms with E-state index in [0.717, 1.165) is 19.3 Å². The van der Waals surface area contributed by atoms with Crippen LogP contribution in [0.4, 0.5) is 0 Å². The largest absolute Gasteiger partial charge is 0.388 e. The van der Waals surface area contributed by atoms with E-state index < -0.39 is 11.0 Å². The van der Waals surface area contributed by atoms with Gasteiger partial charge in [0.15, 0.2) is 5.78 Å². The van der Waals surface area contributed by atoms with E-state index in [9.17, 15) is 14.7 Å². The number of allylic oxidation sites excluding steroid dienone is 3. The standard InChI is InChI=1S/C19H24O3/c1-17-8-5-13(20)11-12(17)3-4-15-14(17)6-9-18(2)16(21)7-10-19(15,18)22/h6,11,15,22H,3-5,7-10H2,1-2H3/t15-,17+,18-,19+/m1/s1. The minimum Gasteiger partial charge on any atom is -0.388 e. The van der Waals surface area contributed by atoms with Crippen molar-refractivity contribution < 1.29 is 14.7 Å². The molecule has 22 heavy (non-hydrogen) atoms. The average molecular weight is 300 g/mol. The van der Waals surface area contributed by atoms with Crippen LogP contribution in [0, 0.1) is 16.7 Å². The molecule has 0 unspecified atom stereocenters.